The van der Waals surface area contributed by atoms with Gasteiger partial charge in [0.1, 0.15) is 5.69 Å². The van der Waals surface area contributed by atoms with Gasteiger partial charge in [-0.25, -0.2) is 0 Å². The van der Waals surface area contributed by atoms with Gasteiger partial charge >= 0.3 is 11.8 Å². The van der Waals surface area contributed by atoms with E-state index in [0.29, 0.717) is 9.82 Å². The Hall–Kier alpha value is -1.63. The Bertz CT molecular complexity index is 497. The minimum absolute atomic E-state index is 0.0190. The maximum absolute atomic E-state index is 12.5. The summed E-state index contributed by atoms with van der Waals surface area (Å²) in [5.41, 5.74) is -2.33. The number of alkyl halides is 3. The zero-order chi connectivity index (χ0) is 13.0. The highest BCUT2D eigenvalue weighted by Gasteiger charge is 2.53. The van der Waals surface area contributed by atoms with Crippen molar-refractivity contribution in [2.45, 2.75) is 25.7 Å². The highest BCUT2D eigenvalue weighted by molar-refractivity contribution is 5.66. The number of nitrogens with zero attached hydrogens (tertiary/aromatic N) is 2. The molecule has 1 aromatic carbocycles. The summed E-state index contributed by atoms with van der Waals surface area (Å²) in [6, 6.07) is 2.64. The van der Waals surface area contributed by atoms with Crippen LogP contribution in [0, 0.1) is 4.91 Å². The standard InChI is InChI=1S/C10H10F3N2O2/c1-9(2)14(16)7-4-3-6(10(11,12)13)5-8(7)15(9)17/h3-5,17H,1-2H3/q+1. The lowest BCUT2D eigenvalue weighted by Gasteiger charge is -2.17. The van der Waals surface area contributed by atoms with Crippen LogP contribution in [-0.2, 0) is 6.18 Å². The van der Waals surface area contributed by atoms with Crippen molar-refractivity contribution in [2.24, 2.45) is 0 Å². The summed E-state index contributed by atoms with van der Waals surface area (Å²) in [7, 11) is 0. The van der Waals surface area contributed by atoms with Crippen molar-refractivity contribution in [1.82, 2.24) is 0 Å². The number of anilines is 1. The Kier molecular flexibility index (Phi) is 2.22. The van der Waals surface area contributed by atoms with Crippen LogP contribution >= 0.6 is 0 Å². The number of hydroxylamine groups is 1. The minimum Gasteiger partial charge on any atom is -0.282 e. The van der Waals surface area contributed by atoms with Crippen molar-refractivity contribution < 1.29 is 23.1 Å². The molecule has 0 aromatic heterocycles. The van der Waals surface area contributed by atoms with E-state index in [2.05, 4.69) is 0 Å². The number of hydrogen-bond donors (Lipinski definition) is 1. The summed E-state index contributed by atoms with van der Waals surface area (Å²) in [5, 5.41) is 10.2. The van der Waals surface area contributed by atoms with Gasteiger partial charge in [-0.2, -0.15) is 18.2 Å². The van der Waals surface area contributed by atoms with Gasteiger partial charge in [-0.15, -0.1) is 0 Å². The number of halogens is 3. The molecule has 7 heteroatoms. The molecule has 0 amide bonds. The quantitative estimate of drug-likeness (QED) is 0.716. The number of nitroso groups, excluding NO2 is 1. The van der Waals surface area contributed by atoms with Gasteiger partial charge in [-0.3, -0.25) is 5.21 Å². The van der Waals surface area contributed by atoms with Crippen LogP contribution < -0.4 is 5.06 Å². The molecule has 0 saturated carbocycles. The summed E-state index contributed by atoms with van der Waals surface area (Å²) < 4.78 is 37.9. The summed E-state index contributed by atoms with van der Waals surface area (Å²) in [6.45, 7) is 2.82. The number of rotatable bonds is 0. The molecule has 0 fully saturated rings. The monoisotopic (exact) mass is 247 g/mol. The average Bonchev–Trinajstić information content (AvgIpc) is 2.39. The molecule has 1 aliphatic rings. The fraction of sp³-hybridized carbons (Fsp3) is 0.400. The Morgan fingerprint density at radius 1 is 1.35 bits per heavy atom. The lowest BCUT2D eigenvalue weighted by Crippen LogP contribution is -2.43. The Balaban J connectivity index is 2.58. The summed E-state index contributed by atoms with van der Waals surface area (Å²) >= 11 is 0. The van der Waals surface area contributed by atoms with E-state index < -0.39 is 17.4 Å². The van der Waals surface area contributed by atoms with Gasteiger partial charge in [0.05, 0.1) is 10.3 Å². The molecule has 0 bridgehead atoms. The summed E-state index contributed by atoms with van der Waals surface area (Å²) in [4.78, 5) is 11.7. The van der Waals surface area contributed by atoms with Gasteiger partial charge in [0.2, 0.25) is 0 Å². The smallest absolute Gasteiger partial charge is 0.282 e. The molecule has 1 N–H and O–H groups in total. The fourth-order valence-electron chi connectivity index (χ4n) is 1.72. The first-order valence-corrected chi connectivity index (χ1v) is 4.83. The van der Waals surface area contributed by atoms with Gasteiger partial charge in [-0.05, 0) is 12.1 Å². The highest BCUT2D eigenvalue weighted by Crippen LogP contribution is 2.44. The molecule has 0 unspecified atom stereocenters. The predicted octanol–water partition coefficient (Wildman–Crippen LogP) is 3.06. The van der Waals surface area contributed by atoms with Gasteiger partial charge < -0.3 is 0 Å². The van der Waals surface area contributed by atoms with Crippen LogP contribution in [0.15, 0.2) is 18.2 Å². The molecule has 0 aliphatic carbocycles. The SMILES string of the molecule is CC1(C)N(O)c2cc(C(F)(F)F)ccc2[N+]1=O. The Morgan fingerprint density at radius 2 is 1.94 bits per heavy atom. The first kappa shape index (κ1) is 11.8. The van der Waals surface area contributed by atoms with Crippen LogP contribution in [0.25, 0.3) is 0 Å². The number of hydrogen-bond acceptors (Lipinski definition) is 3. The third kappa shape index (κ3) is 1.57. The molecule has 92 valence electrons. The zero-order valence-electron chi connectivity index (χ0n) is 9.12. The molecule has 4 nitrogen and oxygen atoms in total. The van der Waals surface area contributed by atoms with Gasteiger partial charge in [-0.1, -0.05) is 0 Å². The van der Waals surface area contributed by atoms with Crippen molar-refractivity contribution in [3.8, 4) is 0 Å². The second-order valence-electron chi connectivity index (χ2n) is 4.30. The average molecular weight is 247 g/mol. The molecule has 1 aliphatic heterocycles. The second-order valence-corrected chi connectivity index (χ2v) is 4.30. The topological polar surface area (TPSA) is 43.5 Å². The highest BCUT2D eigenvalue weighted by atomic mass is 19.4. The number of fused-ring (bicyclic) bond motifs is 1. The van der Waals surface area contributed by atoms with Gasteiger partial charge in [0.15, 0.2) is 0 Å². The Morgan fingerprint density at radius 3 is 2.47 bits per heavy atom. The maximum atomic E-state index is 12.5. The van der Waals surface area contributed by atoms with Gasteiger partial charge in [0, 0.05) is 24.8 Å². The zero-order valence-corrected chi connectivity index (χ0v) is 9.12. The molecule has 17 heavy (non-hydrogen) atoms. The third-order valence-corrected chi connectivity index (χ3v) is 2.77. The predicted molar refractivity (Wildman–Crippen MR) is 53.1 cm³/mol. The van der Waals surface area contributed by atoms with Crippen LogP contribution in [0.3, 0.4) is 0 Å². The fourth-order valence-corrected chi connectivity index (χ4v) is 1.72. The van der Waals surface area contributed by atoms with E-state index in [9.17, 15) is 23.3 Å². The molecule has 0 atom stereocenters. The van der Waals surface area contributed by atoms with Crippen molar-refractivity contribution in [3.05, 3.63) is 28.7 Å². The maximum Gasteiger partial charge on any atom is 0.416 e. The van der Waals surface area contributed by atoms with Crippen LogP contribution in [0.2, 0.25) is 0 Å². The van der Waals surface area contributed by atoms with Crippen LogP contribution in [0.5, 0.6) is 0 Å². The molecule has 0 spiro atoms. The van der Waals surface area contributed by atoms with E-state index in [0.717, 1.165) is 18.2 Å². The van der Waals surface area contributed by atoms with E-state index in [1.54, 1.807) is 0 Å². The van der Waals surface area contributed by atoms with E-state index in [1.165, 1.54) is 13.8 Å². The molecule has 1 heterocycles. The summed E-state index contributed by atoms with van der Waals surface area (Å²) in [5.74, 6) is 0. The third-order valence-electron chi connectivity index (χ3n) is 2.77. The molecular weight excluding hydrogens is 237 g/mol. The van der Waals surface area contributed by atoms with E-state index >= 15 is 0 Å². The Labute approximate surface area is 94.8 Å². The molecule has 2 rings (SSSR count). The lowest BCUT2D eigenvalue weighted by molar-refractivity contribution is -0.540. The van der Waals surface area contributed by atoms with E-state index in [1.807, 2.05) is 0 Å². The molecule has 0 radical (unpaired) electrons. The molecular formula is C10H10F3N2O2+. The minimum atomic E-state index is -4.50. The molecule has 0 saturated heterocycles. The van der Waals surface area contributed by atoms with Crippen LogP contribution in [0.4, 0.5) is 24.5 Å². The van der Waals surface area contributed by atoms with Crippen LogP contribution in [-0.4, -0.2) is 15.6 Å². The second kappa shape index (κ2) is 3.19. The number of benzene rings is 1. The lowest BCUT2D eigenvalue weighted by atomic mass is 10.1. The first-order valence-electron chi connectivity index (χ1n) is 4.83. The first-order chi connectivity index (χ1) is 7.65. The van der Waals surface area contributed by atoms with Crippen molar-refractivity contribution >= 4 is 11.4 Å². The van der Waals surface area contributed by atoms with Crippen molar-refractivity contribution in [1.29, 1.82) is 0 Å². The van der Waals surface area contributed by atoms with Crippen molar-refractivity contribution in [3.63, 3.8) is 0 Å². The van der Waals surface area contributed by atoms with Crippen LogP contribution in [0.1, 0.15) is 19.4 Å². The summed E-state index contributed by atoms with van der Waals surface area (Å²) in [6.07, 6.45) is -4.50. The molecule has 1 aromatic rings. The van der Waals surface area contributed by atoms with E-state index in [4.69, 9.17) is 0 Å². The van der Waals surface area contributed by atoms with Gasteiger partial charge in [0.25, 0.3) is 5.69 Å². The van der Waals surface area contributed by atoms with Crippen molar-refractivity contribution in [2.75, 3.05) is 5.06 Å². The normalized spacial score (nSPS) is 18.5. The van der Waals surface area contributed by atoms with E-state index in [-0.39, 0.29) is 11.4 Å². The largest absolute Gasteiger partial charge is 0.416 e.